The standard InChI is InChI=1S/C17H19NO4S/c1-10-8-23-9-12(10)17(20)18-6-11-14(21-2)4-5-15(22-3)16(11)13(19)7-18/h4-5,8-9,13,19H,6-7H2,1-3H3. The smallest absolute Gasteiger partial charge is 0.255 e. The average molecular weight is 333 g/mol. The second-order valence-corrected chi connectivity index (χ2v) is 6.28. The molecule has 5 nitrogen and oxygen atoms in total. The number of nitrogens with zero attached hydrogens (tertiary/aromatic N) is 1. The Morgan fingerprint density at radius 3 is 2.57 bits per heavy atom. The molecule has 23 heavy (non-hydrogen) atoms. The molecule has 0 radical (unpaired) electrons. The lowest BCUT2D eigenvalue weighted by molar-refractivity contribution is 0.0538. The van der Waals surface area contributed by atoms with E-state index in [-0.39, 0.29) is 12.5 Å². The number of benzene rings is 1. The number of hydrogen-bond donors (Lipinski definition) is 1. The van der Waals surface area contributed by atoms with Gasteiger partial charge < -0.3 is 19.5 Å². The maximum absolute atomic E-state index is 12.7. The molecule has 6 heteroatoms. The second kappa shape index (κ2) is 6.22. The lowest BCUT2D eigenvalue weighted by Crippen LogP contribution is -2.38. The number of carbonyl (C=O) groups is 1. The van der Waals surface area contributed by atoms with Crippen LogP contribution >= 0.6 is 11.3 Å². The zero-order valence-corrected chi connectivity index (χ0v) is 14.1. The molecule has 1 atom stereocenters. The molecule has 1 amide bonds. The molecule has 0 bridgehead atoms. The number of aliphatic hydroxyl groups excluding tert-OH is 1. The number of rotatable bonds is 3. The Hall–Kier alpha value is -2.05. The fourth-order valence-electron chi connectivity index (χ4n) is 2.98. The molecule has 3 rings (SSSR count). The number of ether oxygens (including phenoxy) is 2. The Bertz CT molecular complexity index is 740. The molecule has 1 aromatic carbocycles. The first-order chi connectivity index (χ1) is 11.1. The summed E-state index contributed by atoms with van der Waals surface area (Å²) in [5, 5.41) is 14.4. The van der Waals surface area contributed by atoms with Gasteiger partial charge in [0.25, 0.3) is 5.91 Å². The van der Waals surface area contributed by atoms with E-state index in [0.29, 0.717) is 29.2 Å². The SMILES string of the molecule is COc1ccc(OC)c2c1CN(C(=O)c1cscc1C)CC2O. The van der Waals surface area contributed by atoms with Crippen molar-refractivity contribution in [3.63, 3.8) is 0 Å². The minimum absolute atomic E-state index is 0.0710. The third-order valence-corrected chi connectivity index (χ3v) is 5.02. The highest BCUT2D eigenvalue weighted by Gasteiger charge is 2.32. The number of aryl methyl sites for hydroxylation is 1. The number of carbonyl (C=O) groups excluding carboxylic acids is 1. The van der Waals surface area contributed by atoms with Crippen molar-refractivity contribution in [3.05, 3.63) is 45.1 Å². The maximum atomic E-state index is 12.7. The molecular weight excluding hydrogens is 314 g/mol. The summed E-state index contributed by atoms with van der Waals surface area (Å²) >= 11 is 1.50. The summed E-state index contributed by atoms with van der Waals surface area (Å²) in [6.45, 7) is 2.55. The van der Waals surface area contributed by atoms with Gasteiger partial charge in [-0.1, -0.05) is 0 Å². The van der Waals surface area contributed by atoms with E-state index in [1.165, 1.54) is 11.3 Å². The second-order valence-electron chi connectivity index (χ2n) is 5.53. The first-order valence-corrected chi connectivity index (χ1v) is 8.25. The first kappa shape index (κ1) is 15.8. The molecule has 0 saturated carbocycles. The van der Waals surface area contributed by atoms with Crippen LogP contribution in [0.3, 0.4) is 0 Å². The van der Waals surface area contributed by atoms with E-state index in [1.54, 1.807) is 31.3 Å². The van der Waals surface area contributed by atoms with Crippen LogP contribution in [0.15, 0.2) is 22.9 Å². The van der Waals surface area contributed by atoms with E-state index < -0.39 is 6.10 Å². The summed E-state index contributed by atoms with van der Waals surface area (Å²) < 4.78 is 10.8. The minimum atomic E-state index is -0.799. The van der Waals surface area contributed by atoms with Crippen molar-refractivity contribution in [2.24, 2.45) is 0 Å². The van der Waals surface area contributed by atoms with E-state index in [2.05, 4.69) is 0 Å². The number of hydrogen-bond acceptors (Lipinski definition) is 5. The van der Waals surface area contributed by atoms with Crippen molar-refractivity contribution in [2.45, 2.75) is 19.6 Å². The van der Waals surface area contributed by atoms with Gasteiger partial charge in [0.2, 0.25) is 0 Å². The lowest BCUT2D eigenvalue weighted by Gasteiger charge is -2.34. The predicted octanol–water partition coefficient (Wildman–Crippen LogP) is 2.76. The van der Waals surface area contributed by atoms with Gasteiger partial charge in [-0.15, -0.1) is 0 Å². The highest BCUT2D eigenvalue weighted by atomic mass is 32.1. The highest BCUT2D eigenvalue weighted by molar-refractivity contribution is 7.08. The van der Waals surface area contributed by atoms with Crippen molar-refractivity contribution in [3.8, 4) is 11.5 Å². The Kier molecular flexibility index (Phi) is 4.28. The first-order valence-electron chi connectivity index (χ1n) is 7.30. The van der Waals surface area contributed by atoms with Gasteiger partial charge in [-0.05, 0) is 30.0 Å². The van der Waals surface area contributed by atoms with Crippen LogP contribution in [0.25, 0.3) is 0 Å². The number of methoxy groups -OCH3 is 2. The van der Waals surface area contributed by atoms with Crippen LogP contribution in [0.1, 0.15) is 33.2 Å². The molecule has 0 fully saturated rings. The Balaban J connectivity index is 2.00. The van der Waals surface area contributed by atoms with Crippen LogP contribution in [0, 0.1) is 6.92 Å². The Morgan fingerprint density at radius 1 is 1.26 bits per heavy atom. The van der Waals surface area contributed by atoms with Gasteiger partial charge in [0.15, 0.2) is 0 Å². The molecular formula is C17H19NO4S. The van der Waals surface area contributed by atoms with Crippen molar-refractivity contribution in [2.75, 3.05) is 20.8 Å². The number of aliphatic hydroxyl groups is 1. The van der Waals surface area contributed by atoms with Crippen molar-refractivity contribution in [1.82, 2.24) is 4.90 Å². The van der Waals surface area contributed by atoms with Crippen molar-refractivity contribution >= 4 is 17.2 Å². The molecule has 122 valence electrons. The molecule has 1 unspecified atom stereocenters. The summed E-state index contributed by atoms with van der Waals surface area (Å²) in [6, 6.07) is 3.58. The van der Waals surface area contributed by atoms with Crippen molar-refractivity contribution in [1.29, 1.82) is 0 Å². The van der Waals surface area contributed by atoms with Crippen LogP contribution in [0.2, 0.25) is 0 Å². The largest absolute Gasteiger partial charge is 0.496 e. The number of β-amino-alcohol motifs (C(OH)–C–C–N with tert-alkyl or cyclic N) is 1. The fourth-order valence-corrected chi connectivity index (χ4v) is 3.80. The van der Waals surface area contributed by atoms with E-state index in [4.69, 9.17) is 9.47 Å². The fraction of sp³-hybridized carbons (Fsp3) is 0.353. The van der Waals surface area contributed by atoms with Crippen LogP contribution in [-0.2, 0) is 6.54 Å². The van der Waals surface area contributed by atoms with Gasteiger partial charge in [0.1, 0.15) is 17.6 Å². The van der Waals surface area contributed by atoms with Gasteiger partial charge in [0.05, 0.1) is 32.9 Å². The van der Waals surface area contributed by atoms with Gasteiger partial charge >= 0.3 is 0 Å². The monoisotopic (exact) mass is 333 g/mol. The van der Waals surface area contributed by atoms with Gasteiger partial charge in [-0.3, -0.25) is 4.79 Å². The number of fused-ring (bicyclic) bond motifs is 1. The topological polar surface area (TPSA) is 59.0 Å². The molecule has 2 heterocycles. The van der Waals surface area contributed by atoms with Gasteiger partial charge in [-0.2, -0.15) is 11.3 Å². The maximum Gasteiger partial charge on any atom is 0.255 e. The van der Waals surface area contributed by atoms with Crippen LogP contribution in [-0.4, -0.2) is 36.7 Å². The lowest BCUT2D eigenvalue weighted by atomic mass is 9.94. The Morgan fingerprint density at radius 2 is 1.96 bits per heavy atom. The summed E-state index contributed by atoms with van der Waals surface area (Å²) in [7, 11) is 3.15. The van der Waals surface area contributed by atoms with E-state index in [9.17, 15) is 9.90 Å². The summed E-state index contributed by atoms with van der Waals surface area (Å²) in [5.74, 6) is 1.20. The number of amides is 1. The summed E-state index contributed by atoms with van der Waals surface area (Å²) in [5.41, 5.74) is 3.15. The highest BCUT2D eigenvalue weighted by Crippen LogP contribution is 2.39. The van der Waals surface area contributed by atoms with E-state index in [1.807, 2.05) is 17.7 Å². The zero-order valence-electron chi connectivity index (χ0n) is 13.3. The van der Waals surface area contributed by atoms with Crippen molar-refractivity contribution < 1.29 is 19.4 Å². The summed E-state index contributed by atoms with van der Waals surface area (Å²) in [4.78, 5) is 14.4. The van der Waals surface area contributed by atoms with Crippen LogP contribution < -0.4 is 9.47 Å². The molecule has 0 spiro atoms. The van der Waals surface area contributed by atoms with Gasteiger partial charge in [0, 0.05) is 16.5 Å². The minimum Gasteiger partial charge on any atom is -0.496 e. The van der Waals surface area contributed by atoms with Crippen LogP contribution in [0.4, 0.5) is 0 Å². The quantitative estimate of drug-likeness (QED) is 0.938. The van der Waals surface area contributed by atoms with E-state index >= 15 is 0 Å². The molecule has 1 N–H and O–H groups in total. The molecule has 1 aliphatic rings. The molecule has 2 aromatic rings. The van der Waals surface area contributed by atoms with Gasteiger partial charge in [-0.25, -0.2) is 0 Å². The average Bonchev–Trinajstić information content (AvgIpc) is 2.98. The molecule has 0 aliphatic carbocycles. The molecule has 0 saturated heterocycles. The molecule has 1 aliphatic heterocycles. The predicted molar refractivity (Wildman–Crippen MR) is 88.3 cm³/mol. The molecule has 1 aromatic heterocycles. The zero-order chi connectivity index (χ0) is 16.6. The van der Waals surface area contributed by atoms with Crippen LogP contribution in [0.5, 0.6) is 11.5 Å². The Labute approximate surface area is 139 Å². The normalized spacial score (nSPS) is 16.9. The number of thiophene rings is 1. The third-order valence-electron chi connectivity index (χ3n) is 4.16. The summed E-state index contributed by atoms with van der Waals surface area (Å²) in [6.07, 6.45) is -0.799. The van der Waals surface area contributed by atoms with E-state index in [0.717, 1.165) is 11.1 Å². The third kappa shape index (κ3) is 2.68.